The largest absolute Gasteiger partial charge is 0.354 e. The monoisotopic (exact) mass is 303 g/mol. The highest BCUT2D eigenvalue weighted by molar-refractivity contribution is 5.95. The Labute approximate surface area is 134 Å². The molecule has 1 aliphatic rings. The van der Waals surface area contributed by atoms with Gasteiger partial charge in [0.2, 0.25) is 5.91 Å². The van der Waals surface area contributed by atoms with Crippen molar-refractivity contribution < 1.29 is 4.79 Å². The maximum Gasteiger partial charge on any atom is 0.223 e. The number of hydrogen-bond acceptors (Lipinski definition) is 3. The molecule has 0 atom stereocenters. The van der Waals surface area contributed by atoms with E-state index >= 15 is 0 Å². The highest BCUT2D eigenvalue weighted by Gasteiger charge is 2.22. The second-order valence-corrected chi connectivity index (χ2v) is 5.77. The number of benzene rings is 2. The van der Waals surface area contributed by atoms with Crippen molar-refractivity contribution in [2.75, 3.05) is 16.8 Å². The molecule has 0 unspecified atom stereocenters. The summed E-state index contributed by atoms with van der Waals surface area (Å²) in [6.45, 7) is 2.38. The molecular weight excluding hydrogens is 286 g/mol. The van der Waals surface area contributed by atoms with Gasteiger partial charge in [0.25, 0.3) is 0 Å². The number of carbonyl (C=O) groups is 1. The van der Waals surface area contributed by atoms with Crippen LogP contribution in [0.5, 0.6) is 0 Å². The average Bonchev–Trinajstić information content (AvgIpc) is 2.99. The Morgan fingerprint density at radius 3 is 2.91 bits per heavy atom. The van der Waals surface area contributed by atoms with E-state index in [1.807, 2.05) is 35.2 Å². The highest BCUT2D eigenvalue weighted by Crippen LogP contribution is 2.32. The minimum Gasteiger partial charge on any atom is -0.354 e. The summed E-state index contributed by atoms with van der Waals surface area (Å²) >= 11 is 0. The van der Waals surface area contributed by atoms with Gasteiger partial charge in [0, 0.05) is 36.4 Å². The first kappa shape index (κ1) is 13.8. The molecule has 0 spiro atoms. The lowest BCUT2D eigenvalue weighted by molar-refractivity contribution is -0.116. The van der Waals surface area contributed by atoms with Crippen molar-refractivity contribution in [2.45, 2.75) is 13.3 Å². The van der Waals surface area contributed by atoms with Gasteiger partial charge in [-0.05, 0) is 42.3 Å². The molecule has 1 N–H and O–H groups in total. The SMILES string of the molecule is CC(=O)N1CCc2cc(Nc3cccc4cccnc34)ccc21. The quantitative estimate of drug-likeness (QED) is 0.781. The summed E-state index contributed by atoms with van der Waals surface area (Å²) in [4.78, 5) is 17.9. The summed E-state index contributed by atoms with van der Waals surface area (Å²) in [6, 6.07) is 16.3. The van der Waals surface area contributed by atoms with Gasteiger partial charge >= 0.3 is 0 Å². The molecule has 3 aromatic rings. The zero-order valence-corrected chi connectivity index (χ0v) is 12.9. The Morgan fingerprint density at radius 2 is 2.04 bits per heavy atom. The molecule has 0 aliphatic carbocycles. The molecule has 4 rings (SSSR count). The van der Waals surface area contributed by atoms with Crippen molar-refractivity contribution in [2.24, 2.45) is 0 Å². The number of rotatable bonds is 2. The molecular formula is C19H17N3O. The van der Waals surface area contributed by atoms with E-state index in [0.717, 1.165) is 40.9 Å². The van der Waals surface area contributed by atoms with Crippen LogP contribution in [0.4, 0.5) is 17.1 Å². The van der Waals surface area contributed by atoms with Gasteiger partial charge in [-0.3, -0.25) is 9.78 Å². The van der Waals surface area contributed by atoms with Gasteiger partial charge in [0.15, 0.2) is 0 Å². The fourth-order valence-corrected chi connectivity index (χ4v) is 3.17. The third-order valence-electron chi connectivity index (χ3n) is 4.27. The summed E-state index contributed by atoms with van der Waals surface area (Å²) in [5.74, 6) is 0.0997. The van der Waals surface area contributed by atoms with Crippen LogP contribution >= 0.6 is 0 Å². The summed E-state index contributed by atoms with van der Waals surface area (Å²) in [5.41, 5.74) is 5.20. The lowest BCUT2D eigenvalue weighted by Crippen LogP contribution is -2.25. The third-order valence-corrected chi connectivity index (χ3v) is 4.27. The van der Waals surface area contributed by atoms with Gasteiger partial charge in [0.05, 0.1) is 11.2 Å². The van der Waals surface area contributed by atoms with E-state index in [2.05, 4.69) is 28.5 Å². The molecule has 1 aliphatic heterocycles. The Balaban J connectivity index is 1.69. The number of hydrogen-bond donors (Lipinski definition) is 1. The Bertz CT molecular complexity index is 899. The van der Waals surface area contributed by atoms with Crippen LogP contribution in [0, 0.1) is 0 Å². The molecule has 0 radical (unpaired) electrons. The van der Waals surface area contributed by atoms with Crippen molar-refractivity contribution in [1.82, 2.24) is 4.98 Å². The first-order valence-corrected chi connectivity index (χ1v) is 7.74. The lowest BCUT2D eigenvalue weighted by atomic mass is 10.1. The first-order valence-electron chi connectivity index (χ1n) is 7.74. The van der Waals surface area contributed by atoms with Crippen molar-refractivity contribution in [3.05, 3.63) is 60.3 Å². The van der Waals surface area contributed by atoms with Crippen molar-refractivity contribution in [3.63, 3.8) is 0 Å². The number of carbonyl (C=O) groups excluding carboxylic acids is 1. The fourth-order valence-electron chi connectivity index (χ4n) is 3.17. The molecule has 1 amide bonds. The van der Waals surface area contributed by atoms with Crippen molar-refractivity contribution >= 4 is 33.9 Å². The number of nitrogens with one attached hydrogen (secondary N) is 1. The van der Waals surface area contributed by atoms with Gasteiger partial charge in [-0.15, -0.1) is 0 Å². The van der Waals surface area contributed by atoms with Crippen LogP contribution in [0.25, 0.3) is 10.9 Å². The van der Waals surface area contributed by atoms with Crippen LogP contribution < -0.4 is 10.2 Å². The number of anilines is 3. The maximum absolute atomic E-state index is 11.6. The molecule has 0 bridgehead atoms. The zero-order valence-electron chi connectivity index (χ0n) is 12.9. The molecule has 4 nitrogen and oxygen atoms in total. The second-order valence-electron chi connectivity index (χ2n) is 5.77. The van der Waals surface area contributed by atoms with Crippen molar-refractivity contribution in [1.29, 1.82) is 0 Å². The van der Waals surface area contributed by atoms with E-state index in [1.54, 1.807) is 13.1 Å². The minimum atomic E-state index is 0.0997. The maximum atomic E-state index is 11.6. The number of fused-ring (bicyclic) bond motifs is 2. The Morgan fingerprint density at radius 1 is 1.17 bits per heavy atom. The van der Waals surface area contributed by atoms with Crippen molar-refractivity contribution in [3.8, 4) is 0 Å². The van der Waals surface area contributed by atoms with Crippen LogP contribution in [0.1, 0.15) is 12.5 Å². The lowest BCUT2D eigenvalue weighted by Gasteiger charge is -2.15. The number of amides is 1. The van der Waals surface area contributed by atoms with Crippen LogP contribution in [-0.4, -0.2) is 17.4 Å². The van der Waals surface area contributed by atoms with Gasteiger partial charge in [-0.25, -0.2) is 0 Å². The van der Waals surface area contributed by atoms with Gasteiger partial charge in [0.1, 0.15) is 0 Å². The molecule has 1 aromatic heterocycles. The standard InChI is InChI=1S/C19H17N3O/c1-13(23)22-11-9-15-12-16(7-8-18(15)22)21-17-6-2-4-14-5-3-10-20-19(14)17/h2-8,10,12,21H,9,11H2,1H3. The average molecular weight is 303 g/mol. The van der Waals surface area contributed by atoms with Crippen LogP contribution in [0.2, 0.25) is 0 Å². The molecule has 0 fully saturated rings. The molecule has 114 valence electrons. The predicted molar refractivity (Wildman–Crippen MR) is 93.2 cm³/mol. The predicted octanol–water partition coefficient (Wildman–Crippen LogP) is 3.89. The van der Waals surface area contributed by atoms with Gasteiger partial charge in [-0.1, -0.05) is 18.2 Å². The highest BCUT2D eigenvalue weighted by atomic mass is 16.2. The number of nitrogens with zero attached hydrogens (tertiary/aromatic N) is 2. The molecule has 0 saturated heterocycles. The summed E-state index contributed by atoms with van der Waals surface area (Å²) < 4.78 is 0. The van der Waals surface area contributed by atoms with Crippen LogP contribution in [-0.2, 0) is 11.2 Å². The Kier molecular flexibility index (Phi) is 3.23. The molecule has 2 heterocycles. The van der Waals surface area contributed by atoms with Gasteiger partial charge in [-0.2, -0.15) is 0 Å². The molecule has 2 aromatic carbocycles. The van der Waals surface area contributed by atoms with E-state index in [-0.39, 0.29) is 5.91 Å². The van der Waals surface area contributed by atoms with Gasteiger partial charge < -0.3 is 10.2 Å². The summed E-state index contributed by atoms with van der Waals surface area (Å²) in [5, 5.41) is 4.57. The smallest absolute Gasteiger partial charge is 0.223 e. The Hall–Kier alpha value is -2.88. The number of aromatic nitrogens is 1. The normalized spacial score (nSPS) is 13.2. The topological polar surface area (TPSA) is 45.2 Å². The number of pyridine rings is 1. The van der Waals surface area contributed by atoms with Crippen LogP contribution in [0.3, 0.4) is 0 Å². The second kappa shape index (κ2) is 5.39. The molecule has 4 heteroatoms. The van der Waals surface area contributed by atoms with E-state index in [0.29, 0.717) is 0 Å². The zero-order chi connectivity index (χ0) is 15.8. The summed E-state index contributed by atoms with van der Waals surface area (Å²) in [6.07, 6.45) is 2.71. The minimum absolute atomic E-state index is 0.0997. The molecule has 0 saturated carbocycles. The van der Waals surface area contributed by atoms with E-state index < -0.39 is 0 Å². The summed E-state index contributed by atoms with van der Waals surface area (Å²) in [7, 11) is 0. The third kappa shape index (κ3) is 2.42. The fraction of sp³-hybridized carbons (Fsp3) is 0.158. The first-order chi connectivity index (χ1) is 11.2. The number of para-hydroxylation sites is 1. The van der Waals surface area contributed by atoms with E-state index in [9.17, 15) is 4.79 Å². The molecule has 23 heavy (non-hydrogen) atoms. The van der Waals surface area contributed by atoms with Crippen LogP contribution in [0.15, 0.2) is 54.7 Å². The van der Waals surface area contributed by atoms with E-state index in [4.69, 9.17) is 0 Å². The van der Waals surface area contributed by atoms with E-state index in [1.165, 1.54) is 5.56 Å².